The van der Waals surface area contributed by atoms with Gasteiger partial charge in [0.15, 0.2) is 0 Å². The molecular formula is C20H19F2N3O2S. The van der Waals surface area contributed by atoms with Crippen molar-refractivity contribution in [1.82, 2.24) is 10.3 Å². The number of alkyl halides is 2. The number of nitrogens with one attached hydrogen (secondary N) is 1. The summed E-state index contributed by atoms with van der Waals surface area (Å²) in [5.41, 5.74) is 3.44. The van der Waals surface area contributed by atoms with Gasteiger partial charge in [-0.3, -0.25) is 4.79 Å². The number of fused-ring (bicyclic) bond motifs is 1. The van der Waals surface area contributed by atoms with Crippen LogP contribution in [0.15, 0.2) is 35.4 Å². The van der Waals surface area contributed by atoms with E-state index < -0.39 is 6.61 Å². The summed E-state index contributed by atoms with van der Waals surface area (Å²) in [6.07, 6.45) is 4.07. The Morgan fingerprint density at radius 2 is 2.04 bits per heavy atom. The SMILES string of the molecule is N#Cc1cc2c(nc1SCC(=O)NCc1ccc(OC(F)F)cc1)CCCC2. The van der Waals surface area contributed by atoms with E-state index in [0.717, 1.165) is 42.5 Å². The molecule has 1 aliphatic rings. The zero-order valence-corrected chi connectivity index (χ0v) is 15.9. The Labute approximate surface area is 166 Å². The van der Waals surface area contributed by atoms with Crippen LogP contribution in [0.4, 0.5) is 8.78 Å². The molecule has 0 aliphatic heterocycles. The molecule has 0 fully saturated rings. The highest BCUT2D eigenvalue weighted by atomic mass is 32.2. The number of nitriles is 1. The average molecular weight is 403 g/mol. The molecule has 0 saturated carbocycles. The minimum absolute atomic E-state index is 0.0724. The van der Waals surface area contributed by atoms with E-state index in [4.69, 9.17) is 0 Å². The molecule has 0 unspecified atom stereocenters. The molecule has 1 N–H and O–H groups in total. The van der Waals surface area contributed by atoms with Crippen LogP contribution in [0.25, 0.3) is 0 Å². The third kappa shape index (κ3) is 5.42. The maximum absolute atomic E-state index is 12.1. The third-order valence-electron chi connectivity index (χ3n) is 4.36. The molecule has 0 radical (unpaired) electrons. The number of pyridine rings is 1. The summed E-state index contributed by atoms with van der Waals surface area (Å²) >= 11 is 1.25. The number of thioether (sulfide) groups is 1. The fourth-order valence-electron chi connectivity index (χ4n) is 2.98. The molecule has 1 aromatic carbocycles. The molecule has 0 bridgehead atoms. The number of rotatable bonds is 7. The van der Waals surface area contributed by atoms with E-state index in [2.05, 4.69) is 21.1 Å². The van der Waals surface area contributed by atoms with Gasteiger partial charge in [-0.1, -0.05) is 23.9 Å². The molecular weight excluding hydrogens is 384 g/mol. The minimum Gasteiger partial charge on any atom is -0.435 e. The van der Waals surface area contributed by atoms with Gasteiger partial charge < -0.3 is 10.1 Å². The van der Waals surface area contributed by atoms with Gasteiger partial charge in [-0.25, -0.2) is 4.98 Å². The quantitative estimate of drug-likeness (QED) is 0.711. The van der Waals surface area contributed by atoms with Gasteiger partial charge in [-0.05, 0) is 55.0 Å². The second kappa shape index (κ2) is 9.51. The largest absolute Gasteiger partial charge is 0.435 e. The first-order chi connectivity index (χ1) is 13.5. The number of hydrogen-bond donors (Lipinski definition) is 1. The van der Waals surface area contributed by atoms with Gasteiger partial charge >= 0.3 is 6.61 Å². The molecule has 0 atom stereocenters. The van der Waals surface area contributed by atoms with Gasteiger partial charge in [0.25, 0.3) is 0 Å². The average Bonchev–Trinajstić information content (AvgIpc) is 2.70. The number of carbonyl (C=O) groups excluding carboxylic acids is 1. The lowest BCUT2D eigenvalue weighted by Crippen LogP contribution is -2.24. The normalized spacial score (nSPS) is 12.9. The second-order valence-electron chi connectivity index (χ2n) is 6.35. The predicted octanol–water partition coefficient (Wildman–Crippen LogP) is 3.84. The lowest BCUT2D eigenvalue weighted by molar-refractivity contribution is -0.118. The zero-order chi connectivity index (χ0) is 19.9. The summed E-state index contributed by atoms with van der Waals surface area (Å²) in [5.74, 6) is 0.0250. The molecule has 1 heterocycles. The minimum atomic E-state index is -2.86. The van der Waals surface area contributed by atoms with Crippen LogP contribution in [-0.2, 0) is 24.2 Å². The van der Waals surface area contributed by atoms with Crippen molar-refractivity contribution in [2.45, 2.75) is 43.9 Å². The molecule has 0 spiro atoms. The number of aryl methyl sites for hydroxylation is 2. The van der Waals surface area contributed by atoms with E-state index in [1.807, 2.05) is 6.07 Å². The maximum Gasteiger partial charge on any atom is 0.387 e. The predicted molar refractivity (Wildman–Crippen MR) is 101 cm³/mol. The first-order valence-corrected chi connectivity index (χ1v) is 9.90. The molecule has 8 heteroatoms. The maximum atomic E-state index is 12.1. The summed E-state index contributed by atoms with van der Waals surface area (Å²) in [4.78, 5) is 16.7. The number of ether oxygens (including phenoxy) is 1. The van der Waals surface area contributed by atoms with E-state index in [-0.39, 0.29) is 24.0 Å². The van der Waals surface area contributed by atoms with E-state index in [1.165, 1.54) is 23.9 Å². The first kappa shape index (κ1) is 20.1. The number of aromatic nitrogens is 1. The Balaban J connectivity index is 1.52. The smallest absolute Gasteiger partial charge is 0.387 e. The summed E-state index contributed by atoms with van der Waals surface area (Å²) in [6.45, 7) is -2.59. The van der Waals surface area contributed by atoms with Gasteiger partial charge in [0.1, 0.15) is 16.8 Å². The van der Waals surface area contributed by atoms with Crippen LogP contribution in [0, 0.1) is 11.3 Å². The lowest BCUT2D eigenvalue weighted by atomic mass is 9.95. The molecule has 5 nitrogen and oxygen atoms in total. The van der Waals surface area contributed by atoms with Crippen molar-refractivity contribution in [3.63, 3.8) is 0 Å². The van der Waals surface area contributed by atoms with Crippen LogP contribution < -0.4 is 10.1 Å². The Bertz CT molecular complexity index is 882. The molecule has 1 aliphatic carbocycles. The van der Waals surface area contributed by atoms with Crippen molar-refractivity contribution < 1.29 is 18.3 Å². The van der Waals surface area contributed by atoms with Gasteiger partial charge in [0.05, 0.1) is 11.3 Å². The van der Waals surface area contributed by atoms with Crippen LogP contribution in [0.1, 0.15) is 35.2 Å². The van der Waals surface area contributed by atoms with Crippen molar-refractivity contribution in [3.05, 3.63) is 52.7 Å². The summed E-state index contributed by atoms with van der Waals surface area (Å²) in [7, 11) is 0. The summed E-state index contributed by atoms with van der Waals surface area (Å²) < 4.78 is 28.6. The molecule has 3 rings (SSSR count). The van der Waals surface area contributed by atoms with Gasteiger partial charge in [-0.2, -0.15) is 14.0 Å². The van der Waals surface area contributed by atoms with Crippen molar-refractivity contribution >= 4 is 17.7 Å². The van der Waals surface area contributed by atoms with Crippen LogP contribution in [0.2, 0.25) is 0 Å². The van der Waals surface area contributed by atoms with Crippen molar-refractivity contribution in [2.24, 2.45) is 0 Å². The fraction of sp³-hybridized carbons (Fsp3) is 0.350. The van der Waals surface area contributed by atoms with E-state index in [1.54, 1.807) is 12.1 Å². The number of amides is 1. The fourth-order valence-corrected chi connectivity index (χ4v) is 3.78. The standard InChI is InChI=1S/C20H19F2N3O2S/c21-20(22)27-16-7-5-13(6-8-16)11-24-18(26)12-28-19-15(10-23)9-14-3-1-2-4-17(14)25-19/h5-9,20H,1-4,11-12H2,(H,24,26). The lowest BCUT2D eigenvalue weighted by Gasteiger charge is -2.16. The monoisotopic (exact) mass is 403 g/mol. The van der Waals surface area contributed by atoms with Crippen molar-refractivity contribution in [2.75, 3.05) is 5.75 Å². The highest BCUT2D eigenvalue weighted by Gasteiger charge is 2.16. The van der Waals surface area contributed by atoms with E-state index >= 15 is 0 Å². The molecule has 28 heavy (non-hydrogen) atoms. The second-order valence-corrected chi connectivity index (χ2v) is 7.32. The number of nitrogens with zero attached hydrogens (tertiary/aromatic N) is 2. The van der Waals surface area contributed by atoms with Gasteiger partial charge in [0, 0.05) is 12.2 Å². The Kier molecular flexibility index (Phi) is 6.82. The van der Waals surface area contributed by atoms with Crippen LogP contribution >= 0.6 is 11.8 Å². The Morgan fingerprint density at radius 3 is 2.75 bits per heavy atom. The van der Waals surface area contributed by atoms with Gasteiger partial charge in [0.2, 0.25) is 5.91 Å². The van der Waals surface area contributed by atoms with Crippen molar-refractivity contribution in [3.8, 4) is 11.8 Å². The van der Waals surface area contributed by atoms with E-state index in [0.29, 0.717) is 10.6 Å². The molecule has 1 aromatic heterocycles. The third-order valence-corrected chi connectivity index (χ3v) is 5.36. The van der Waals surface area contributed by atoms with Crippen LogP contribution in [-0.4, -0.2) is 23.3 Å². The highest BCUT2D eigenvalue weighted by molar-refractivity contribution is 8.00. The van der Waals surface area contributed by atoms with Crippen LogP contribution in [0.3, 0.4) is 0 Å². The molecule has 1 amide bonds. The summed E-state index contributed by atoms with van der Waals surface area (Å²) in [5, 5.41) is 12.7. The first-order valence-electron chi connectivity index (χ1n) is 8.91. The number of halogens is 2. The zero-order valence-electron chi connectivity index (χ0n) is 15.1. The van der Waals surface area contributed by atoms with Crippen LogP contribution in [0.5, 0.6) is 5.75 Å². The van der Waals surface area contributed by atoms with E-state index in [9.17, 15) is 18.8 Å². The molecule has 0 saturated heterocycles. The Morgan fingerprint density at radius 1 is 1.29 bits per heavy atom. The number of hydrogen-bond acceptors (Lipinski definition) is 5. The van der Waals surface area contributed by atoms with Gasteiger partial charge in [-0.15, -0.1) is 0 Å². The van der Waals surface area contributed by atoms with Crippen molar-refractivity contribution in [1.29, 1.82) is 5.26 Å². The number of carbonyl (C=O) groups is 1. The highest BCUT2D eigenvalue weighted by Crippen LogP contribution is 2.27. The molecule has 2 aromatic rings. The Hall–Kier alpha value is -2.66. The molecule has 146 valence electrons. The summed E-state index contributed by atoms with van der Waals surface area (Å²) in [6, 6.07) is 10.1. The topological polar surface area (TPSA) is 75.0 Å². The number of benzene rings is 1.